The van der Waals surface area contributed by atoms with Crippen molar-refractivity contribution in [2.75, 3.05) is 5.32 Å². The van der Waals surface area contributed by atoms with Gasteiger partial charge in [-0.1, -0.05) is 25.1 Å². The lowest BCUT2D eigenvalue weighted by atomic mass is 10.2. The average molecular weight is 409 g/mol. The molecule has 7 nitrogen and oxygen atoms in total. The molecule has 0 spiro atoms. The number of carbonyl (C=O) groups is 1. The lowest BCUT2D eigenvalue weighted by Crippen LogP contribution is -2.19. The van der Waals surface area contributed by atoms with Crippen LogP contribution in [0.25, 0.3) is 16.5 Å². The van der Waals surface area contributed by atoms with Crippen molar-refractivity contribution in [3.05, 3.63) is 81.3 Å². The maximum Gasteiger partial charge on any atom is 0.259 e. The fourth-order valence-electron chi connectivity index (χ4n) is 2.78. The Balaban J connectivity index is 1.80. The van der Waals surface area contributed by atoms with E-state index in [2.05, 4.69) is 20.4 Å². The SMILES string of the molecule is CCc1cc(=O)[nH]c(-n2nc(-c3cccs3)cc2NC(=O)c2ccccc2F)n1. The minimum atomic E-state index is -0.631. The minimum absolute atomic E-state index is 0.0957. The zero-order valence-electron chi connectivity index (χ0n) is 15.3. The highest BCUT2D eigenvalue weighted by molar-refractivity contribution is 7.13. The third-order valence-corrected chi connectivity index (χ3v) is 5.08. The topological polar surface area (TPSA) is 92.7 Å². The van der Waals surface area contributed by atoms with Crippen LogP contribution in [-0.2, 0) is 6.42 Å². The molecule has 0 bridgehead atoms. The summed E-state index contributed by atoms with van der Waals surface area (Å²) in [4.78, 5) is 32.5. The Bertz CT molecular complexity index is 1230. The van der Waals surface area contributed by atoms with Crippen LogP contribution in [0.3, 0.4) is 0 Å². The lowest BCUT2D eigenvalue weighted by molar-refractivity contribution is 0.102. The number of carbonyl (C=O) groups excluding carboxylic acids is 1. The van der Waals surface area contributed by atoms with E-state index in [4.69, 9.17) is 0 Å². The fourth-order valence-corrected chi connectivity index (χ4v) is 3.46. The Hall–Kier alpha value is -3.59. The first-order chi connectivity index (χ1) is 14.0. The van der Waals surface area contributed by atoms with E-state index in [0.29, 0.717) is 17.8 Å². The number of aromatic nitrogens is 4. The second kappa shape index (κ2) is 7.80. The number of anilines is 1. The van der Waals surface area contributed by atoms with E-state index in [1.54, 1.807) is 12.1 Å². The number of nitrogens with zero attached hydrogens (tertiary/aromatic N) is 3. The molecule has 0 aliphatic carbocycles. The minimum Gasteiger partial charge on any atom is -0.306 e. The number of halogens is 1. The first kappa shape index (κ1) is 18.8. The van der Waals surface area contributed by atoms with Gasteiger partial charge in [0.1, 0.15) is 17.3 Å². The van der Waals surface area contributed by atoms with Crippen LogP contribution in [0.4, 0.5) is 10.2 Å². The molecule has 0 fully saturated rings. The van der Waals surface area contributed by atoms with Crippen molar-refractivity contribution >= 4 is 23.1 Å². The highest BCUT2D eigenvalue weighted by Crippen LogP contribution is 2.27. The first-order valence-electron chi connectivity index (χ1n) is 8.85. The van der Waals surface area contributed by atoms with Crippen molar-refractivity contribution in [3.63, 3.8) is 0 Å². The third kappa shape index (κ3) is 3.85. The molecule has 3 aromatic heterocycles. The van der Waals surface area contributed by atoms with Gasteiger partial charge in [0.05, 0.1) is 10.4 Å². The van der Waals surface area contributed by atoms with Crippen LogP contribution in [0.15, 0.2) is 58.7 Å². The van der Waals surface area contributed by atoms with Gasteiger partial charge in [0.15, 0.2) is 0 Å². The number of thiophene rings is 1. The van der Waals surface area contributed by atoms with Crippen LogP contribution < -0.4 is 10.9 Å². The van der Waals surface area contributed by atoms with Crippen LogP contribution in [0.5, 0.6) is 0 Å². The van der Waals surface area contributed by atoms with Crippen LogP contribution in [0.1, 0.15) is 23.0 Å². The number of H-pyrrole nitrogens is 1. The number of hydrogen-bond donors (Lipinski definition) is 2. The Morgan fingerprint density at radius 3 is 2.79 bits per heavy atom. The molecule has 0 aliphatic heterocycles. The van der Waals surface area contributed by atoms with Gasteiger partial charge in [0.2, 0.25) is 5.95 Å². The molecular formula is C20H16FN5O2S. The number of amides is 1. The van der Waals surface area contributed by atoms with Crippen LogP contribution in [0, 0.1) is 5.82 Å². The lowest BCUT2D eigenvalue weighted by Gasteiger charge is -2.09. The van der Waals surface area contributed by atoms with Crippen LogP contribution in [-0.4, -0.2) is 25.7 Å². The van der Waals surface area contributed by atoms with Gasteiger partial charge >= 0.3 is 0 Å². The molecule has 0 unspecified atom stereocenters. The molecular weight excluding hydrogens is 393 g/mol. The van der Waals surface area contributed by atoms with Gasteiger partial charge in [-0.25, -0.2) is 9.37 Å². The van der Waals surface area contributed by atoms with Gasteiger partial charge in [-0.05, 0) is 30.0 Å². The Kier molecular flexibility index (Phi) is 5.05. The molecule has 1 aromatic carbocycles. The summed E-state index contributed by atoms with van der Waals surface area (Å²) in [5, 5.41) is 9.07. The van der Waals surface area contributed by atoms with Crippen LogP contribution in [0.2, 0.25) is 0 Å². The summed E-state index contributed by atoms with van der Waals surface area (Å²) < 4.78 is 15.3. The second-order valence-electron chi connectivity index (χ2n) is 6.15. The molecule has 0 atom stereocenters. The summed E-state index contributed by atoms with van der Waals surface area (Å²) in [6.45, 7) is 1.88. The molecule has 4 rings (SSSR count). The molecule has 29 heavy (non-hydrogen) atoms. The van der Waals surface area contributed by atoms with Gasteiger partial charge in [0, 0.05) is 17.8 Å². The number of rotatable bonds is 5. The number of aromatic amines is 1. The van der Waals surface area contributed by atoms with Crippen molar-refractivity contribution in [2.45, 2.75) is 13.3 Å². The third-order valence-electron chi connectivity index (χ3n) is 4.19. The molecule has 146 valence electrons. The summed E-state index contributed by atoms with van der Waals surface area (Å²) in [7, 11) is 0. The zero-order chi connectivity index (χ0) is 20.4. The molecule has 4 aromatic rings. The highest BCUT2D eigenvalue weighted by atomic mass is 32.1. The van der Waals surface area contributed by atoms with E-state index in [9.17, 15) is 14.0 Å². The van der Waals surface area contributed by atoms with Gasteiger partial charge in [0.25, 0.3) is 11.5 Å². The first-order valence-corrected chi connectivity index (χ1v) is 9.73. The summed E-state index contributed by atoms with van der Waals surface area (Å²) >= 11 is 1.48. The second-order valence-corrected chi connectivity index (χ2v) is 7.10. The Morgan fingerprint density at radius 2 is 2.07 bits per heavy atom. The van der Waals surface area contributed by atoms with Crippen LogP contribution >= 0.6 is 11.3 Å². The molecule has 0 radical (unpaired) electrons. The summed E-state index contributed by atoms with van der Waals surface area (Å²) in [5.74, 6) is -0.830. The molecule has 0 saturated heterocycles. The molecule has 0 aliphatic rings. The molecule has 3 heterocycles. The summed E-state index contributed by atoms with van der Waals surface area (Å²) in [5.41, 5.74) is 0.754. The summed E-state index contributed by atoms with van der Waals surface area (Å²) in [6, 6.07) is 12.5. The normalized spacial score (nSPS) is 10.8. The molecule has 0 saturated carbocycles. The quantitative estimate of drug-likeness (QED) is 0.526. The standard InChI is InChI=1S/C20H16FN5O2S/c1-2-12-10-18(27)24-20(22-12)26-17(11-15(25-26)16-8-5-9-29-16)23-19(28)13-6-3-4-7-14(13)21/h3-11H,2H2,1H3,(H,23,28)(H,22,24,27). The molecule has 1 amide bonds. The zero-order valence-corrected chi connectivity index (χ0v) is 16.2. The smallest absolute Gasteiger partial charge is 0.259 e. The van der Waals surface area contributed by atoms with E-state index >= 15 is 0 Å². The monoisotopic (exact) mass is 409 g/mol. The van der Waals surface area contributed by atoms with Gasteiger partial charge < -0.3 is 5.32 Å². The van der Waals surface area contributed by atoms with Gasteiger partial charge in [-0.15, -0.1) is 11.3 Å². The van der Waals surface area contributed by atoms with E-state index in [-0.39, 0.29) is 22.9 Å². The van der Waals surface area contributed by atoms with E-state index in [1.165, 1.54) is 40.3 Å². The number of aryl methyl sites for hydroxylation is 1. The van der Waals surface area contributed by atoms with Crippen molar-refractivity contribution < 1.29 is 9.18 Å². The van der Waals surface area contributed by atoms with E-state index < -0.39 is 11.7 Å². The van der Waals surface area contributed by atoms with E-state index in [0.717, 1.165) is 4.88 Å². The predicted molar refractivity (Wildman–Crippen MR) is 109 cm³/mol. The van der Waals surface area contributed by atoms with Crippen molar-refractivity contribution in [3.8, 4) is 16.5 Å². The maximum atomic E-state index is 14.0. The number of nitrogens with one attached hydrogen (secondary N) is 2. The average Bonchev–Trinajstić information content (AvgIpc) is 3.37. The van der Waals surface area contributed by atoms with Gasteiger partial charge in [-0.3, -0.25) is 14.6 Å². The van der Waals surface area contributed by atoms with E-state index in [1.807, 2.05) is 24.4 Å². The highest BCUT2D eigenvalue weighted by Gasteiger charge is 2.18. The Labute approximate surface area is 168 Å². The Morgan fingerprint density at radius 1 is 1.24 bits per heavy atom. The largest absolute Gasteiger partial charge is 0.306 e. The summed E-state index contributed by atoms with van der Waals surface area (Å²) in [6.07, 6.45) is 0.562. The molecule has 2 N–H and O–H groups in total. The maximum absolute atomic E-state index is 14.0. The van der Waals surface area contributed by atoms with Crippen molar-refractivity contribution in [2.24, 2.45) is 0 Å². The molecule has 9 heteroatoms. The number of hydrogen-bond acceptors (Lipinski definition) is 5. The van der Waals surface area contributed by atoms with Crippen molar-refractivity contribution in [1.29, 1.82) is 0 Å². The predicted octanol–water partition coefficient (Wildman–Crippen LogP) is 3.64. The van der Waals surface area contributed by atoms with Crippen molar-refractivity contribution in [1.82, 2.24) is 19.7 Å². The fraction of sp³-hybridized carbons (Fsp3) is 0.100. The number of benzene rings is 1. The van der Waals surface area contributed by atoms with Gasteiger partial charge in [-0.2, -0.15) is 9.78 Å².